The minimum Gasteiger partial charge on any atom is -0.357 e. The molecular formula is C22H32IN7. The van der Waals surface area contributed by atoms with Crippen LogP contribution in [0.2, 0.25) is 0 Å². The van der Waals surface area contributed by atoms with E-state index in [1.807, 2.05) is 28.8 Å². The molecular weight excluding hydrogens is 489 g/mol. The fourth-order valence-electron chi connectivity index (χ4n) is 3.48. The minimum absolute atomic E-state index is 0. The van der Waals surface area contributed by atoms with Crippen molar-refractivity contribution in [3.8, 4) is 0 Å². The summed E-state index contributed by atoms with van der Waals surface area (Å²) in [5.74, 6) is 1.61. The first kappa shape index (κ1) is 24.1. The topological polar surface area (TPSA) is 69.8 Å². The number of hydrogen-bond acceptors (Lipinski definition) is 4. The SMILES string of the molecule is CCNC(=NCc1nnc2ccccn12)NCC(c1ccccc1)N(CC)CC.I. The molecule has 2 heterocycles. The molecule has 2 N–H and O–H groups in total. The zero-order chi connectivity index (χ0) is 20.5. The summed E-state index contributed by atoms with van der Waals surface area (Å²) in [5.41, 5.74) is 2.14. The predicted molar refractivity (Wildman–Crippen MR) is 133 cm³/mol. The second-order valence-electron chi connectivity index (χ2n) is 6.77. The van der Waals surface area contributed by atoms with Gasteiger partial charge in [0.05, 0.1) is 6.04 Å². The molecule has 162 valence electrons. The molecule has 2 aromatic heterocycles. The van der Waals surface area contributed by atoms with Crippen molar-refractivity contribution in [3.05, 3.63) is 66.1 Å². The van der Waals surface area contributed by atoms with Crippen LogP contribution in [0.25, 0.3) is 5.65 Å². The Hall–Kier alpha value is -2.20. The Morgan fingerprint density at radius 1 is 1.00 bits per heavy atom. The van der Waals surface area contributed by atoms with Crippen molar-refractivity contribution in [3.63, 3.8) is 0 Å². The van der Waals surface area contributed by atoms with Crippen LogP contribution in [0.5, 0.6) is 0 Å². The van der Waals surface area contributed by atoms with Gasteiger partial charge >= 0.3 is 0 Å². The minimum atomic E-state index is 0. The summed E-state index contributed by atoms with van der Waals surface area (Å²) >= 11 is 0. The van der Waals surface area contributed by atoms with Gasteiger partial charge in [-0.15, -0.1) is 34.2 Å². The number of aromatic nitrogens is 3. The van der Waals surface area contributed by atoms with Crippen molar-refractivity contribution in [1.82, 2.24) is 30.1 Å². The lowest BCUT2D eigenvalue weighted by molar-refractivity contribution is 0.219. The van der Waals surface area contributed by atoms with Crippen molar-refractivity contribution < 1.29 is 0 Å². The van der Waals surface area contributed by atoms with Crippen LogP contribution in [0.3, 0.4) is 0 Å². The number of nitrogens with one attached hydrogen (secondary N) is 2. The van der Waals surface area contributed by atoms with Crippen LogP contribution in [-0.4, -0.2) is 51.6 Å². The smallest absolute Gasteiger partial charge is 0.191 e. The van der Waals surface area contributed by atoms with Crippen molar-refractivity contribution in [2.45, 2.75) is 33.4 Å². The van der Waals surface area contributed by atoms with E-state index < -0.39 is 0 Å². The van der Waals surface area contributed by atoms with E-state index in [1.54, 1.807) is 0 Å². The standard InChI is InChI=1S/C22H31N7.HI/c1-4-23-22(25-17-21-27-26-20-14-10-11-15-29(20)21)24-16-19(28(5-2)6-3)18-12-8-7-9-13-18;/h7-15,19H,4-6,16-17H2,1-3H3,(H2,23,24,25);1H. The summed E-state index contributed by atoms with van der Waals surface area (Å²) in [4.78, 5) is 7.19. The number of pyridine rings is 1. The van der Waals surface area contributed by atoms with Gasteiger partial charge in [0.1, 0.15) is 6.54 Å². The maximum absolute atomic E-state index is 4.74. The average Bonchev–Trinajstić information content (AvgIpc) is 3.18. The summed E-state index contributed by atoms with van der Waals surface area (Å²) in [5, 5.41) is 15.3. The largest absolute Gasteiger partial charge is 0.357 e. The highest BCUT2D eigenvalue weighted by Crippen LogP contribution is 2.19. The average molecular weight is 521 g/mol. The monoisotopic (exact) mass is 521 g/mol. The van der Waals surface area contributed by atoms with E-state index in [-0.39, 0.29) is 30.0 Å². The molecule has 0 saturated carbocycles. The Balaban J connectivity index is 0.00000320. The summed E-state index contributed by atoms with van der Waals surface area (Å²) in [6, 6.07) is 16.8. The molecule has 0 aliphatic heterocycles. The summed E-state index contributed by atoms with van der Waals surface area (Å²) in [6.07, 6.45) is 1.96. The van der Waals surface area contributed by atoms with Gasteiger partial charge in [-0.05, 0) is 37.7 Å². The lowest BCUT2D eigenvalue weighted by Gasteiger charge is -2.30. The number of likely N-dealkylation sites (N-methyl/N-ethyl adjacent to an activating group) is 1. The van der Waals surface area contributed by atoms with Gasteiger partial charge in [-0.1, -0.05) is 50.2 Å². The third-order valence-corrected chi connectivity index (χ3v) is 5.01. The Labute approximate surface area is 196 Å². The number of hydrogen-bond donors (Lipinski definition) is 2. The quantitative estimate of drug-likeness (QED) is 0.257. The van der Waals surface area contributed by atoms with Crippen LogP contribution < -0.4 is 10.6 Å². The first-order valence-corrected chi connectivity index (χ1v) is 10.4. The van der Waals surface area contributed by atoms with Crippen molar-refractivity contribution in [2.24, 2.45) is 4.99 Å². The van der Waals surface area contributed by atoms with Gasteiger partial charge in [0.15, 0.2) is 17.4 Å². The summed E-state index contributed by atoms with van der Waals surface area (Å²) in [7, 11) is 0. The first-order chi connectivity index (χ1) is 14.3. The summed E-state index contributed by atoms with van der Waals surface area (Å²) < 4.78 is 1.97. The molecule has 30 heavy (non-hydrogen) atoms. The van der Waals surface area contributed by atoms with Gasteiger partial charge in [-0.2, -0.15) is 0 Å². The maximum atomic E-state index is 4.74. The molecule has 1 aromatic carbocycles. The van der Waals surface area contributed by atoms with Crippen molar-refractivity contribution in [2.75, 3.05) is 26.2 Å². The Morgan fingerprint density at radius 3 is 2.43 bits per heavy atom. The number of guanidine groups is 1. The number of rotatable bonds is 9. The van der Waals surface area contributed by atoms with Gasteiger partial charge < -0.3 is 10.6 Å². The van der Waals surface area contributed by atoms with Crippen LogP contribution in [0.4, 0.5) is 0 Å². The molecule has 8 heteroatoms. The third-order valence-electron chi connectivity index (χ3n) is 5.01. The summed E-state index contributed by atoms with van der Waals surface area (Å²) in [6.45, 7) is 10.5. The molecule has 1 unspecified atom stereocenters. The van der Waals surface area contributed by atoms with Crippen LogP contribution in [-0.2, 0) is 6.54 Å². The van der Waals surface area contributed by atoms with Crippen LogP contribution in [0, 0.1) is 0 Å². The molecule has 0 amide bonds. The van der Waals surface area contributed by atoms with E-state index in [0.717, 1.165) is 43.6 Å². The van der Waals surface area contributed by atoms with E-state index in [9.17, 15) is 0 Å². The van der Waals surface area contributed by atoms with Crippen molar-refractivity contribution in [1.29, 1.82) is 0 Å². The maximum Gasteiger partial charge on any atom is 0.191 e. The van der Waals surface area contributed by atoms with Gasteiger partial charge in [-0.25, -0.2) is 4.99 Å². The fourth-order valence-corrected chi connectivity index (χ4v) is 3.48. The lowest BCUT2D eigenvalue weighted by Crippen LogP contribution is -2.43. The highest BCUT2D eigenvalue weighted by Gasteiger charge is 2.18. The Kier molecular flexibility index (Phi) is 10.0. The van der Waals surface area contributed by atoms with E-state index in [1.165, 1.54) is 5.56 Å². The number of aliphatic imine (C=N–C) groups is 1. The van der Waals surface area contributed by atoms with Crippen LogP contribution >= 0.6 is 24.0 Å². The van der Waals surface area contributed by atoms with Gasteiger partial charge in [0.2, 0.25) is 0 Å². The second-order valence-corrected chi connectivity index (χ2v) is 6.77. The molecule has 0 aliphatic carbocycles. The molecule has 0 radical (unpaired) electrons. The first-order valence-electron chi connectivity index (χ1n) is 10.4. The number of nitrogens with zero attached hydrogens (tertiary/aromatic N) is 5. The van der Waals surface area contributed by atoms with Gasteiger partial charge in [0.25, 0.3) is 0 Å². The lowest BCUT2D eigenvalue weighted by atomic mass is 10.1. The van der Waals surface area contributed by atoms with Crippen LogP contribution in [0.15, 0.2) is 59.7 Å². The zero-order valence-electron chi connectivity index (χ0n) is 18.0. The molecule has 0 spiro atoms. The predicted octanol–water partition coefficient (Wildman–Crippen LogP) is 3.49. The molecule has 0 fully saturated rings. The number of halogens is 1. The second kappa shape index (κ2) is 12.5. The fraction of sp³-hybridized carbons (Fsp3) is 0.409. The highest BCUT2D eigenvalue weighted by molar-refractivity contribution is 14.0. The molecule has 0 saturated heterocycles. The normalized spacial score (nSPS) is 12.6. The number of benzene rings is 1. The van der Waals surface area contributed by atoms with Crippen LogP contribution in [0.1, 0.15) is 38.2 Å². The number of fused-ring (bicyclic) bond motifs is 1. The van der Waals surface area contributed by atoms with E-state index in [4.69, 9.17) is 4.99 Å². The molecule has 7 nitrogen and oxygen atoms in total. The van der Waals surface area contributed by atoms with E-state index in [0.29, 0.717) is 6.54 Å². The molecule has 1 atom stereocenters. The third kappa shape index (κ3) is 6.15. The Bertz CT molecular complexity index is 906. The zero-order valence-corrected chi connectivity index (χ0v) is 20.3. The van der Waals surface area contributed by atoms with Gasteiger partial charge in [0, 0.05) is 19.3 Å². The van der Waals surface area contributed by atoms with E-state index >= 15 is 0 Å². The molecule has 3 rings (SSSR count). The molecule has 3 aromatic rings. The molecule has 0 bridgehead atoms. The molecule has 0 aliphatic rings. The Morgan fingerprint density at radius 2 is 1.73 bits per heavy atom. The van der Waals surface area contributed by atoms with Crippen molar-refractivity contribution >= 4 is 35.6 Å². The van der Waals surface area contributed by atoms with E-state index in [2.05, 4.69) is 76.8 Å². The van der Waals surface area contributed by atoms with Gasteiger partial charge in [-0.3, -0.25) is 9.30 Å². The highest BCUT2D eigenvalue weighted by atomic mass is 127.